The largest absolute Gasteiger partial charge is 0.480 e. The van der Waals surface area contributed by atoms with Gasteiger partial charge in [-0.3, -0.25) is 4.79 Å². The zero-order valence-electron chi connectivity index (χ0n) is 12.8. The van der Waals surface area contributed by atoms with Crippen LogP contribution >= 0.6 is 23.2 Å². The zero-order chi connectivity index (χ0) is 17.4. The van der Waals surface area contributed by atoms with E-state index in [1.54, 1.807) is 0 Å². The molecule has 2 aromatic carbocycles. The number of carboxylic acids is 1. The van der Waals surface area contributed by atoms with Crippen LogP contribution in [-0.4, -0.2) is 17.1 Å². The summed E-state index contributed by atoms with van der Waals surface area (Å²) < 4.78 is 13.4. The molecule has 0 radical (unpaired) electrons. The van der Waals surface area contributed by atoms with Crippen molar-refractivity contribution in [3.05, 3.63) is 56.8 Å². The smallest absolute Gasteiger partial charge is 0.320 e. The average Bonchev–Trinajstić information content (AvgIpc) is 2.98. The van der Waals surface area contributed by atoms with Crippen molar-refractivity contribution in [1.29, 1.82) is 0 Å². The third-order valence-corrected chi connectivity index (χ3v) is 5.01. The third kappa shape index (κ3) is 3.14. The fourth-order valence-electron chi connectivity index (χ4n) is 3.33. The van der Waals surface area contributed by atoms with Crippen molar-refractivity contribution in [3.63, 3.8) is 0 Å². The number of halogens is 3. The number of benzene rings is 2. The van der Waals surface area contributed by atoms with Gasteiger partial charge < -0.3 is 10.8 Å². The first-order valence-electron chi connectivity index (χ1n) is 7.65. The number of rotatable bonds is 4. The molecule has 1 aliphatic carbocycles. The van der Waals surface area contributed by atoms with Gasteiger partial charge in [-0.05, 0) is 60.1 Å². The predicted molar refractivity (Wildman–Crippen MR) is 93.2 cm³/mol. The van der Waals surface area contributed by atoms with Crippen LogP contribution in [0.2, 0.25) is 10.0 Å². The number of hydrogen-bond donors (Lipinski definition) is 2. The molecule has 0 bridgehead atoms. The molecular formula is C18H16Cl2FNO2. The average molecular weight is 368 g/mol. The Hall–Kier alpha value is -1.62. The van der Waals surface area contributed by atoms with Crippen molar-refractivity contribution >= 4 is 29.2 Å². The first kappa shape index (κ1) is 17.2. The van der Waals surface area contributed by atoms with Crippen LogP contribution in [0.1, 0.15) is 23.1 Å². The molecule has 126 valence electrons. The second-order valence-corrected chi connectivity index (χ2v) is 6.79. The maximum atomic E-state index is 13.4. The van der Waals surface area contributed by atoms with Gasteiger partial charge in [0.1, 0.15) is 11.9 Å². The molecular weight excluding hydrogens is 352 g/mol. The topological polar surface area (TPSA) is 63.3 Å². The van der Waals surface area contributed by atoms with Crippen LogP contribution in [0, 0.1) is 5.82 Å². The van der Waals surface area contributed by atoms with Gasteiger partial charge in [0, 0.05) is 5.56 Å². The highest BCUT2D eigenvalue weighted by molar-refractivity contribution is 6.39. The van der Waals surface area contributed by atoms with E-state index in [9.17, 15) is 9.18 Å². The summed E-state index contributed by atoms with van der Waals surface area (Å²) in [5.74, 6) is -1.50. The molecule has 0 saturated carbocycles. The van der Waals surface area contributed by atoms with Gasteiger partial charge in [0.15, 0.2) is 0 Å². The molecule has 0 aliphatic heterocycles. The molecule has 3 N–H and O–H groups in total. The van der Waals surface area contributed by atoms with Crippen molar-refractivity contribution in [2.45, 2.75) is 31.7 Å². The van der Waals surface area contributed by atoms with Crippen molar-refractivity contribution in [2.75, 3.05) is 0 Å². The Morgan fingerprint density at radius 3 is 2.46 bits per heavy atom. The normalized spacial score (nSPS) is 14.5. The van der Waals surface area contributed by atoms with Crippen LogP contribution in [0.15, 0.2) is 24.3 Å². The molecule has 1 aliphatic rings. The summed E-state index contributed by atoms with van der Waals surface area (Å²) in [4.78, 5) is 11.0. The number of hydrogen-bond acceptors (Lipinski definition) is 2. The van der Waals surface area contributed by atoms with E-state index in [1.165, 1.54) is 12.1 Å². The second-order valence-electron chi connectivity index (χ2n) is 5.98. The van der Waals surface area contributed by atoms with Crippen molar-refractivity contribution in [2.24, 2.45) is 5.73 Å². The number of fused-ring (bicyclic) bond motifs is 1. The zero-order valence-corrected chi connectivity index (χ0v) is 14.3. The summed E-state index contributed by atoms with van der Waals surface area (Å²) in [5, 5.41) is 9.56. The maximum Gasteiger partial charge on any atom is 0.320 e. The Morgan fingerprint density at radius 2 is 1.83 bits per heavy atom. The van der Waals surface area contributed by atoms with Crippen LogP contribution in [0.5, 0.6) is 0 Å². The molecule has 2 aromatic rings. The molecule has 0 heterocycles. The van der Waals surface area contributed by atoms with Gasteiger partial charge in [-0.1, -0.05) is 35.3 Å². The summed E-state index contributed by atoms with van der Waals surface area (Å²) in [6.07, 6.45) is 2.97. The van der Waals surface area contributed by atoms with Gasteiger partial charge in [-0.2, -0.15) is 0 Å². The summed E-state index contributed by atoms with van der Waals surface area (Å²) in [5.41, 5.74) is 10.3. The van der Waals surface area contributed by atoms with Crippen molar-refractivity contribution in [1.82, 2.24) is 0 Å². The number of aliphatic carboxylic acids is 1. The van der Waals surface area contributed by atoms with E-state index in [2.05, 4.69) is 0 Å². The summed E-state index contributed by atoms with van der Waals surface area (Å²) in [6, 6.07) is 5.31. The Bertz CT molecular complexity index is 800. The monoisotopic (exact) mass is 367 g/mol. The third-order valence-electron chi connectivity index (χ3n) is 4.41. The molecule has 0 unspecified atom stereocenters. The van der Waals surface area contributed by atoms with Gasteiger partial charge in [0.2, 0.25) is 0 Å². The van der Waals surface area contributed by atoms with E-state index in [4.69, 9.17) is 34.0 Å². The maximum absolute atomic E-state index is 13.4. The van der Waals surface area contributed by atoms with E-state index in [0.29, 0.717) is 5.56 Å². The minimum absolute atomic E-state index is 0.268. The van der Waals surface area contributed by atoms with Crippen molar-refractivity contribution in [3.8, 4) is 11.1 Å². The number of carbonyl (C=O) groups is 1. The second kappa shape index (κ2) is 6.71. The minimum atomic E-state index is -1.02. The number of carboxylic acid groups (broad SMARTS) is 1. The lowest BCUT2D eigenvalue weighted by Gasteiger charge is -2.17. The Labute approximate surface area is 149 Å². The molecule has 1 atom stereocenters. The van der Waals surface area contributed by atoms with E-state index in [1.807, 2.05) is 12.1 Å². The molecule has 0 fully saturated rings. The van der Waals surface area contributed by atoms with Crippen LogP contribution in [0.3, 0.4) is 0 Å². The Balaban J connectivity index is 2.10. The van der Waals surface area contributed by atoms with Crippen LogP contribution in [0.4, 0.5) is 4.39 Å². The molecule has 0 amide bonds. The lowest BCUT2D eigenvalue weighted by Crippen LogP contribution is -2.32. The lowest BCUT2D eigenvalue weighted by molar-refractivity contribution is -0.138. The van der Waals surface area contributed by atoms with E-state index in [-0.39, 0.29) is 16.5 Å². The summed E-state index contributed by atoms with van der Waals surface area (Å²) in [7, 11) is 0. The SMILES string of the molecule is N[C@@H](Cc1ccc(-c2c(Cl)cc(F)cc2Cl)c2c1CCC2)C(=O)O. The minimum Gasteiger partial charge on any atom is -0.480 e. The molecule has 24 heavy (non-hydrogen) atoms. The summed E-state index contributed by atoms with van der Waals surface area (Å²) >= 11 is 12.4. The highest BCUT2D eigenvalue weighted by atomic mass is 35.5. The Morgan fingerprint density at radius 1 is 1.21 bits per heavy atom. The highest BCUT2D eigenvalue weighted by Crippen LogP contribution is 2.41. The molecule has 0 saturated heterocycles. The predicted octanol–water partition coefficient (Wildman–Crippen LogP) is 4.24. The molecule has 3 nitrogen and oxygen atoms in total. The van der Waals surface area contributed by atoms with Gasteiger partial charge in [0.25, 0.3) is 0 Å². The molecule has 3 rings (SSSR count). The van der Waals surface area contributed by atoms with E-state index >= 15 is 0 Å². The fourth-order valence-corrected chi connectivity index (χ4v) is 3.99. The van der Waals surface area contributed by atoms with Gasteiger partial charge in [-0.15, -0.1) is 0 Å². The Kier molecular flexibility index (Phi) is 4.81. The number of nitrogens with two attached hydrogens (primary N) is 1. The van der Waals surface area contributed by atoms with E-state index < -0.39 is 17.8 Å². The molecule has 0 spiro atoms. The standard InChI is InChI=1S/C18H16Cl2FNO2/c19-14-7-10(21)8-15(20)17(14)13-5-4-9(6-16(22)18(23)24)11-2-1-3-12(11)13/h4-5,7-8,16H,1-3,6,22H2,(H,23,24)/t16-/m0/s1. The lowest BCUT2D eigenvalue weighted by atomic mass is 9.91. The highest BCUT2D eigenvalue weighted by Gasteiger charge is 2.24. The van der Waals surface area contributed by atoms with Crippen LogP contribution in [0.25, 0.3) is 11.1 Å². The first-order chi connectivity index (χ1) is 11.4. The molecule has 6 heteroatoms. The first-order valence-corrected chi connectivity index (χ1v) is 8.41. The summed E-state index contributed by atoms with van der Waals surface area (Å²) in [6.45, 7) is 0. The van der Waals surface area contributed by atoms with Gasteiger partial charge >= 0.3 is 5.97 Å². The fraction of sp³-hybridized carbons (Fsp3) is 0.278. The van der Waals surface area contributed by atoms with Gasteiger partial charge in [-0.25, -0.2) is 4.39 Å². The van der Waals surface area contributed by atoms with Crippen molar-refractivity contribution < 1.29 is 14.3 Å². The molecule has 0 aromatic heterocycles. The quantitative estimate of drug-likeness (QED) is 0.849. The van der Waals surface area contributed by atoms with Gasteiger partial charge in [0.05, 0.1) is 10.0 Å². The van der Waals surface area contributed by atoms with Crippen LogP contribution in [-0.2, 0) is 24.1 Å². The van der Waals surface area contributed by atoms with E-state index in [0.717, 1.165) is 41.5 Å². The van der Waals surface area contributed by atoms with Crippen LogP contribution < -0.4 is 5.73 Å².